The molecule has 0 aliphatic heterocycles. The number of carbonyl (C=O) groups excluding carboxylic acids is 2. The summed E-state index contributed by atoms with van der Waals surface area (Å²) in [5.41, 5.74) is 6.67. The quantitative estimate of drug-likeness (QED) is 0.874. The monoisotopic (exact) mass is 318 g/mol. The second-order valence-electron chi connectivity index (χ2n) is 6.35. The van der Waals surface area contributed by atoms with E-state index in [-0.39, 0.29) is 12.5 Å². The van der Waals surface area contributed by atoms with Crippen LogP contribution in [0.2, 0.25) is 0 Å². The first kappa shape index (κ1) is 16.8. The molecule has 2 rings (SSSR count). The van der Waals surface area contributed by atoms with E-state index in [0.717, 1.165) is 11.4 Å². The van der Waals surface area contributed by atoms with Crippen LogP contribution in [0.5, 0.6) is 0 Å². The van der Waals surface area contributed by atoms with Crippen LogP contribution in [-0.2, 0) is 4.79 Å². The van der Waals surface area contributed by atoms with Gasteiger partial charge in [-0.05, 0) is 40.7 Å². The molecule has 3 N–H and O–H groups in total. The largest absolute Gasteiger partial charge is 0.369 e. The van der Waals surface area contributed by atoms with Crippen molar-refractivity contribution < 1.29 is 14.1 Å². The van der Waals surface area contributed by atoms with Gasteiger partial charge in [0.05, 0.1) is 11.0 Å². The molecule has 0 fully saturated rings. The van der Waals surface area contributed by atoms with Gasteiger partial charge in [0, 0.05) is 24.0 Å². The molecular formula is C16H22N4O3. The molecule has 2 aromatic rings. The minimum absolute atomic E-state index is 0.175. The van der Waals surface area contributed by atoms with Crippen molar-refractivity contribution in [3.8, 4) is 5.82 Å². The lowest BCUT2D eigenvalue weighted by Crippen LogP contribution is -2.42. The maximum absolute atomic E-state index is 12.4. The number of hydrogen-bond donors (Lipinski definition) is 2. The fourth-order valence-electron chi connectivity index (χ4n) is 2.29. The Hall–Kier alpha value is -2.57. The van der Waals surface area contributed by atoms with E-state index in [1.807, 2.05) is 25.3 Å². The van der Waals surface area contributed by atoms with Crippen molar-refractivity contribution in [2.24, 2.45) is 11.1 Å². The summed E-state index contributed by atoms with van der Waals surface area (Å²) < 4.78 is 6.95. The fourth-order valence-corrected chi connectivity index (χ4v) is 2.29. The number of nitrogens with one attached hydrogen (secondary N) is 1. The van der Waals surface area contributed by atoms with Crippen molar-refractivity contribution >= 4 is 11.8 Å². The third-order valence-corrected chi connectivity index (χ3v) is 3.88. The summed E-state index contributed by atoms with van der Waals surface area (Å²) >= 11 is 0. The summed E-state index contributed by atoms with van der Waals surface area (Å²) in [6.45, 7) is 9.10. The van der Waals surface area contributed by atoms with Crippen molar-refractivity contribution in [2.45, 2.75) is 34.6 Å². The van der Waals surface area contributed by atoms with E-state index in [4.69, 9.17) is 10.3 Å². The zero-order chi connectivity index (χ0) is 17.4. The summed E-state index contributed by atoms with van der Waals surface area (Å²) in [7, 11) is 0. The van der Waals surface area contributed by atoms with E-state index in [1.165, 1.54) is 0 Å². The van der Waals surface area contributed by atoms with Crippen LogP contribution in [0.25, 0.3) is 5.82 Å². The molecule has 0 unspecified atom stereocenters. The van der Waals surface area contributed by atoms with Crippen LogP contribution < -0.4 is 11.1 Å². The van der Waals surface area contributed by atoms with Crippen LogP contribution in [0.1, 0.15) is 41.4 Å². The molecular weight excluding hydrogens is 296 g/mol. The molecule has 0 saturated carbocycles. The highest BCUT2D eigenvalue weighted by Gasteiger charge is 2.26. The third kappa shape index (κ3) is 3.28. The van der Waals surface area contributed by atoms with E-state index in [0.29, 0.717) is 17.1 Å². The van der Waals surface area contributed by atoms with Crippen LogP contribution in [0.4, 0.5) is 0 Å². The Labute approximate surface area is 134 Å². The van der Waals surface area contributed by atoms with E-state index >= 15 is 0 Å². The van der Waals surface area contributed by atoms with Gasteiger partial charge in [0.25, 0.3) is 5.91 Å². The maximum atomic E-state index is 12.4. The molecule has 0 saturated heterocycles. The molecule has 7 nitrogen and oxygen atoms in total. The number of amides is 2. The lowest BCUT2D eigenvalue weighted by Gasteiger charge is -2.20. The molecule has 0 aromatic carbocycles. The number of primary amides is 1. The van der Waals surface area contributed by atoms with Gasteiger partial charge < -0.3 is 15.6 Å². The first-order chi connectivity index (χ1) is 10.6. The van der Waals surface area contributed by atoms with Crippen molar-refractivity contribution in [3.63, 3.8) is 0 Å². The molecule has 2 aromatic heterocycles. The van der Waals surface area contributed by atoms with Gasteiger partial charge in [0.2, 0.25) is 5.91 Å². The van der Waals surface area contributed by atoms with Gasteiger partial charge in [0.1, 0.15) is 5.76 Å². The highest BCUT2D eigenvalue weighted by Crippen LogP contribution is 2.21. The van der Waals surface area contributed by atoms with E-state index in [9.17, 15) is 9.59 Å². The van der Waals surface area contributed by atoms with Gasteiger partial charge in [-0.2, -0.15) is 0 Å². The first-order valence-corrected chi connectivity index (χ1v) is 7.34. The van der Waals surface area contributed by atoms with E-state index < -0.39 is 11.3 Å². The SMILES string of the molecule is Cc1cc(-n2c(C)cc(C(=O)NCC(C)(C)C(N)=O)c2C)no1. The van der Waals surface area contributed by atoms with Crippen molar-refractivity contribution in [1.82, 2.24) is 15.0 Å². The number of carbonyl (C=O) groups is 2. The van der Waals surface area contributed by atoms with Crippen molar-refractivity contribution in [1.29, 1.82) is 0 Å². The summed E-state index contributed by atoms with van der Waals surface area (Å²) in [5.74, 6) is 0.621. The summed E-state index contributed by atoms with van der Waals surface area (Å²) in [6, 6.07) is 3.59. The number of nitrogens with two attached hydrogens (primary N) is 1. The minimum Gasteiger partial charge on any atom is -0.369 e. The summed E-state index contributed by atoms with van der Waals surface area (Å²) in [6.07, 6.45) is 0. The molecule has 0 radical (unpaired) electrons. The van der Waals surface area contributed by atoms with Gasteiger partial charge in [-0.25, -0.2) is 0 Å². The molecule has 0 spiro atoms. The van der Waals surface area contributed by atoms with Crippen LogP contribution in [0.15, 0.2) is 16.7 Å². The van der Waals surface area contributed by atoms with Crippen LogP contribution in [0, 0.1) is 26.2 Å². The lowest BCUT2D eigenvalue weighted by atomic mass is 9.92. The van der Waals surface area contributed by atoms with Gasteiger partial charge in [-0.1, -0.05) is 5.16 Å². The summed E-state index contributed by atoms with van der Waals surface area (Å²) in [4.78, 5) is 23.7. The number of rotatable bonds is 5. The lowest BCUT2D eigenvalue weighted by molar-refractivity contribution is -0.125. The van der Waals surface area contributed by atoms with Gasteiger partial charge in [-0.15, -0.1) is 0 Å². The predicted molar refractivity (Wildman–Crippen MR) is 85.3 cm³/mol. The molecule has 2 heterocycles. The highest BCUT2D eigenvalue weighted by atomic mass is 16.5. The topological polar surface area (TPSA) is 103 Å². The zero-order valence-corrected chi connectivity index (χ0v) is 14.1. The number of aromatic nitrogens is 2. The molecule has 0 aliphatic carbocycles. The smallest absolute Gasteiger partial charge is 0.253 e. The Balaban J connectivity index is 2.24. The Morgan fingerprint density at radius 2 is 1.96 bits per heavy atom. The second-order valence-corrected chi connectivity index (χ2v) is 6.35. The number of hydrogen-bond acceptors (Lipinski definition) is 4. The second kappa shape index (κ2) is 5.91. The van der Waals surface area contributed by atoms with E-state index in [1.54, 1.807) is 26.0 Å². The standard InChI is InChI=1S/C16H22N4O3/c1-9-6-12(14(21)18-8-16(4,5)15(17)22)11(3)20(9)13-7-10(2)23-19-13/h6-7H,8H2,1-5H3,(H2,17,22)(H,18,21). The number of aryl methyl sites for hydroxylation is 2. The molecule has 0 atom stereocenters. The Morgan fingerprint density at radius 1 is 1.30 bits per heavy atom. The van der Waals surface area contributed by atoms with Gasteiger partial charge in [-0.3, -0.25) is 14.2 Å². The van der Waals surface area contributed by atoms with Crippen molar-refractivity contribution in [2.75, 3.05) is 6.54 Å². The molecule has 7 heteroatoms. The number of nitrogens with zero attached hydrogens (tertiary/aromatic N) is 2. The Kier molecular flexibility index (Phi) is 4.31. The first-order valence-electron chi connectivity index (χ1n) is 7.34. The average molecular weight is 318 g/mol. The predicted octanol–water partition coefficient (Wildman–Crippen LogP) is 1.63. The third-order valence-electron chi connectivity index (χ3n) is 3.88. The molecule has 0 aliphatic rings. The molecule has 2 amide bonds. The maximum Gasteiger partial charge on any atom is 0.253 e. The zero-order valence-electron chi connectivity index (χ0n) is 14.1. The van der Waals surface area contributed by atoms with Crippen LogP contribution in [0.3, 0.4) is 0 Å². The van der Waals surface area contributed by atoms with Crippen LogP contribution in [-0.4, -0.2) is 28.1 Å². The van der Waals surface area contributed by atoms with E-state index in [2.05, 4.69) is 10.5 Å². The average Bonchev–Trinajstić information content (AvgIpc) is 2.99. The Bertz CT molecular complexity index is 755. The normalized spacial score (nSPS) is 11.5. The molecule has 23 heavy (non-hydrogen) atoms. The van der Waals surface area contributed by atoms with Crippen LogP contribution >= 0.6 is 0 Å². The fraction of sp³-hybridized carbons (Fsp3) is 0.438. The Morgan fingerprint density at radius 3 is 2.48 bits per heavy atom. The van der Waals surface area contributed by atoms with Gasteiger partial charge in [0.15, 0.2) is 5.82 Å². The highest BCUT2D eigenvalue weighted by molar-refractivity contribution is 5.96. The summed E-state index contributed by atoms with van der Waals surface area (Å²) in [5, 5.41) is 6.75. The van der Waals surface area contributed by atoms with Gasteiger partial charge >= 0.3 is 0 Å². The van der Waals surface area contributed by atoms with Crippen molar-refractivity contribution in [3.05, 3.63) is 34.8 Å². The molecule has 0 bridgehead atoms. The minimum atomic E-state index is -0.801. The molecule has 124 valence electrons.